The number of oxazole rings is 1. The molecule has 1 N–H and O–H groups in total. The number of amides is 1. The summed E-state index contributed by atoms with van der Waals surface area (Å²) in [5.74, 6) is 0.884. The Kier molecular flexibility index (Phi) is 4.97. The Hall–Kier alpha value is -3.74. The molecule has 0 saturated carbocycles. The molecule has 0 aliphatic carbocycles. The van der Waals surface area contributed by atoms with Gasteiger partial charge >= 0.3 is 0 Å². The monoisotopic (exact) mass is 374 g/mol. The van der Waals surface area contributed by atoms with Gasteiger partial charge in [0.25, 0.3) is 5.56 Å². The SMILES string of the molecule is O=C(CCn1cnc2ccccc2c1=O)NCc1ncc(-c2ccccc2)o1. The molecule has 0 aliphatic heterocycles. The number of hydrogen-bond acceptors (Lipinski definition) is 5. The summed E-state index contributed by atoms with van der Waals surface area (Å²) in [7, 11) is 0. The molecular weight excluding hydrogens is 356 g/mol. The van der Waals surface area contributed by atoms with E-state index in [2.05, 4.69) is 15.3 Å². The van der Waals surface area contributed by atoms with E-state index in [-0.39, 0.29) is 31.0 Å². The Balaban J connectivity index is 1.34. The molecular formula is C21H18N4O3. The van der Waals surface area contributed by atoms with Crippen molar-refractivity contribution in [2.75, 3.05) is 0 Å². The summed E-state index contributed by atoms with van der Waals surface area (Å²) in [5.41, 5.74) is 1.42. The summed E-state index contributed by atoms with van der Waals surface area (Å²) in [4.78, 5) is 33.0. The highest BCUT2D eigenvalue weighted by Crippen LogP contribution is 2.19. The Labute approximate surface area is 160 Å². The molecule has 28 heavy (non-hydrogen) atoms. The van der Waals surface area contributed by atoms with Crippen LogP contribution < -0.4 is 10.9 Å². The highest BCUT2D eigenvalue weighted by molar-refractivity contribution is 5.77. The fourth-order valence-electron chi connectivity index (χ4n) is 2.88. The number of hydrogen-bond donors (Lipinski definition) is 1. The van der Waals surface area contributed by atoms with E-state index in [0.717, 1.165) is 5.56 Å². The Bertz CT molecular complexity index is 1160. The van der Waals surface area contributed by atoms with Crippen LogP contribution in [0.4, 0.5) is 0 Å². The lowest BCUT2D eigenvalue weighted by Crippen LogP contribution is -2.27. The van der Waals surface area contributed by atoms with E-state index >= 15 is 0 Å². The maximum absolute atomic E-state index is 12.4. The molecule has 0 aliphatic rings. The first-order chi connectivity index (χ1) is 13.7. The lowest BCUT2D eigenvalue weighted by atomic mass is 10.2. The third kappa shape index (κ3) is 3.83. The summed E-state index contributed by atoms with van der Waals surface area (Å²) < 4.78 is 7.10. The van der Waals surface area contributed by atoms with Crippen molar-refractivity contribution in [1.29, 1.82) is 0 Å². The molecule has 0 radical (unpaired) electrons. The van der Waals surface area contributed by atoms with Crippen molar-refractivity contribution >= 4 is 16.8 Å². The molecule has 4 aromatic rings. The quantitative estimate of drug-likeness (QED) is 0.560. The molecule has 0 unspecified atom stereocenters. The molecule has 7 nitrogen and oxygen atoms in total. The average Bonchev–Trinajstić information content (AvgIpc) is 3.22. The summed E-state index contributed by atoms with van der Waals surface area (Å²) in [6.07, 6.45) is 3.27. The van der Waals surface area contributed by atoms with Crippen LogP contribution in [0.25, 0.3) is 22.2 Å². The average molecular weight is 374 g/mol. The van der Waals surface area contributed by atoms with Crippen LogP contribution in [0.3, 0.4) is 0 Å². The normalized spacial score (nSPS) is 10.9. The molecule has 0 fully saturated rings. The van der Waals surface area contributed by atoms with Gasteiger partial charge in [0.1, 0.15) is 0 Å². The van der Waals surface area contributed by atoms with Gasteiger partial charge in [-0.3, -0.25) is 14.2 Å². The van der Waals surface area contributed by atoms with E-state index in [1.807, 2.05) is 36.4 Å². The molecule has 0 spiro atoms. The molecule has 140 valence electrons. The van der Waals surface area contributed by atoms with E-state index in [1.165, 1.54) is 10.9 Å². The maximum atomic E-state index is 12.4. The number of fused-ring (bicyclic) bond motifs is 1. The summed E-state index contributed by atoms with van der Waals surface area (Å²) >= 11 is 0. The van der Waals surface area contributed by atoms with Crippen molar-refractivity contribution < 1.29 is 9.21 Å². The zero-order valence-electron chi connectivity index (χ0n) is 15.0. The third-order valence-corrected chi connectivity index (χ3v) is 4.36. The zero-order valence-corrected chi connectivity index (χ0v) is 15.0. The van der Waals surface area contributed by atoms with Crippen molar-refractivity contribution in [3.8, 4) is 11.3 Å². The number of carbonyl (C=O) groups excluding carboxylic acids is 1. The second-order valence-electron chi connectivity index (χ2n) is 6.27. The van der Waals surface area contributed by atoms with Gasteiger partial charge < -0.3 is 9.73 Å². The molecule has 2 heterocycles. The smallest absolute Gasteiger partial charge is 0.261 e. The number of rotatable bonds is 6. The van der Waals surface area contributed by atoms with Gasteiger partial charge in [0.15, 0.2) is 5.76 Å². The van der Waals surface area contributed by atoms with E-state index in [9.17, 15) is 9.59 Å². The molecule has 1 amide bonds. The Morgan fingerprint density at radius 2 is 1.82 bits per heavy atom. The lowest BCUT2D eigenvalue weighted by molar-refractivity contribution is -0.121. The van der Waals surface area contributed by atoms with Gasteiger partial charge in [-0.05, 0) is 12.1 Å². The minimum Gasteiger partial charge on any atom is -0.439 e. The van der Waals surface area contributed by atoms with Crippen molar-refractivity contribution in [2.45, 2.75) is 19.5 Å². The zero-order chi connectivity index (χ0) is 19.3. The van der Waals surface area contributed by atoms with Crippen molar-refractivity contribution in [1.82, 2.24) is 19.9 Å². The number of aromatic nitrogens is 3. The molecule has 0 atom stereocenters. The number of benzene rings is 2. The number of para-hydroxylation sites is 1. The Morgan fingerprint density at radius 1 is 1.04 bits per heavy atom. The van der Waals surface area contributed by atoms with Crippen molar-refractivity contribution in [3.63, 3.8) is 0 Å². The van der Waals surface area contributed by atoms with Crippen LogP contribution in [0.2, 0.25) is 0 Å². The van der Waals surface area contributed by atoms with E-state index in [0.29, 0.717) is 22.6 Å². The highest BCUT2D eigenvalue weighted by atomic mass is 16.4. The second-order valence-corrected chi connectivity index (χ2v) is 6.27. The predicted octanol–water partition coefficient (Wildman–Crippen LogP) is 2.76. The van der Waals surface area contributed by atoms with Gasteiger partial charge in [0, 0.05) is 18.5 Å². The standard InChI is InChI=1S/C21H18N4O3/c26-19(10-11-25-14-24-17-9-5-4-8-16(17)21(25)27)22-13-20-23-12-18(28-20)15-6-2-1-3-7-15/h1-9,12,14H,10-11,13H2,(H,22,26). The minimum absolute atomic E-state index is 0.154. The molecule has 0 bridgehead atoms. The summed E-state index contributed by atoms with van der Waals surface area (Å²) in [6, 6.07) is 16.8. The van der Waals surface area contributed by atoms with Crippen LogP contribution in [-0.4, -0.2) is 20.4 Å². The first kappa shape index (κ1) is 17.7. The molecule has 7 heteroatoms. The number of nitrogens with one attached hydrogen (secondary N) is 1. The number of aryl methyl sites for hydroxylation is 1. The van der Waals surface area contributed by atoms with Gasteiger partial charge in [0.2, 0.25) is 11.8 Å². The van der Waals surface area contributed by atoms with Gasteiger partial charge in [0.05, 0.1) is 30.0 Å². The highest BCUT2D eigenvalue weighted by Gasteiger charge is 2.09. The van der Waals surface area contributed by atoms with E-state index in [1.54, 1.807) is 24.4 Å². The van der Waals surface area contributed by atoms with Crippen LogP contribution in [0.15, 0.2) is 76.3 Å². The molecule has 0 saturated heterocycles. The van der Waals surface area contributed by atoms with Crippen LogP contribution in [-0.2, 0) is 17.9 Å². The fourth-order valence-corrected chi connectivity index (χ4v) is 2.88. The number of nitrogens with zero attached hydrogens (tertiary/aromatic N) is 3. The van der Waals surface area contributed by atoms with Crippen LogP contribution >= 0.6 is 0 Å². The Morgan fingerprint density at radius 3 is 2.68 bits per heavy atom. The van der Waals surface area contributed by atoms with Gasteiger partial charge in [-0.2, -0.15) is 0 Å². The fraction of sp³-hybridized carbons (Fsp3) is 0.143. The van der Waals surface area contributed by atoms with Crippen LogP contribution in [0.1, 0.15) is 12.3 Å². The second kappa shape index (κ2) is 7.87. The van der Waals surface area contributed by atoms with Gasteiger partial charge in [-0.15, -0.1) is 0 Å². The third-order valence-electron chi connectivity index (χ3n) is 4.36. The van der Waals surface area contributed by atoms with Gasteiger partial charge in [-0.1, -0.05) is 42.5 Å². The first-order valence-corrected chi connectivity index (χ1v) is 8.92. The first-order valence-electron chi connectivity index (χ1n) is 8.92. The molecule has 2 aromatic carbocycles. The molecule has 2 aromatic heterocycles. The van der Waals surface area contributed by atoms with Crippen LogP contribution in [0.5, 0.6) is 0 Å². The predicted molar refractivity (Wildman–Crippen MR) is 104 cm³/mol. The summed E-state index contributed by atoms with van der Waals surface area (Å²) in [5, 5.41) is 3.30. The minimum atomic E-state index is -0.195. The molecule has 4 rings (SSSR count). The largest absolute Gasteiger partial charge is 0.439 e. The van der Waals surface area contributed by atoms with Gasteiger partial charge in [-0.25, -0.2) is 9.97 Å². The van der Waals surface area contributed by atoms with Crippen LogP contribution in [0, 0.1) is 0 Å². The van der Waals surface area contributed by atoms with E-state index in [4.69, 9.17) is 4.42 Å². The van der Waals surface area contributed by atoms with Crippen molar-refractivity contribution in [3.05, 3.63) is 83.4 Å². The lowest BCUT2D eigenvalue weighted by Gasteiger charge is -2.07. The number of carbonyl (C=O) groups is 1. The topological polar surface area (TPSA) is 90.0 Å². The maximum Gasteiger partial charge on any atom is 0.261 e. The van der Waals surface area contributed by atoms with Crippen molar-refractivity contribution in [2.24, 2.45) is 0 Å². The van der Waals surface area contributed by atoms with E-state index < -0.39 is 0 Å². The summed E-state index contributed by atoms with van der Waals surface area (Å²) in [6.45, 7) is 0.444.